The molecule has 4 aromatic carbocycles. The molecule has 1 radical (unpaired) electrons. The summed E-state index contributed by atoms with van der Waals surface area (Å²) in [4.78, 5) is 9.08. The number of ether oxygens (including phenoxy) is 2. The van der Waals surface area contributed by atoms with Crippen LogP contribution < -0.4 is 25.9 Å². The fourth-order valence-electron chi connectivity index (χ4n) is 6.19. The van der Waals surface area contributed by atoms with Crippen LogP contribution in [0.1, 0.15) is 37.5 Å². The molecule has 0 fully saturated rings. The smallest absolute Gasteiger partial charge is 0.241 e. The van der Waals surface area contributed by atoms with Gasteiger partial charge in [0, 0.05) is 43.7 Å². The minimum absolute atomic E-state index is 0. The second-order valence-corrected chi connectivity index (χ2v) is 12.6. The molecule has 0 spiro atoms. The summed E-state index contributed by atoms with van der Waals surface area (Å²) in [5.41, 5.74) is 11.1. The number of para-hydroxylation sites is 1. The Morgan fingerprint density at radius 1 is 0.717 bits per heavy atom. The van der Waals surface area contributed by atoms with E-state index < -0.39 is 0 Å². The average Bonchev–Trinajstić information content (AvgIpc) is 3.05. The van der Waals surface area contributed by atoms with E-state index in [2.05, 4.69) is 93.1 Å². The molecule has 0 aliphatic carbocycles. The first-order valence-corrected chi connectivity index (χ1v) is 15.3. The third kappa shape index (κ3) is 5.91. The summed E-state index contributed by atoms with van der Waals surface area (Å²) in [5, 5.41) is 0. The Morgan fingerprint density at radius 2 is 1.48 bits per heavy atom. The Kier molecular flexibility index (Phi) is 8.70. The summed E-state index contributed by atoms with van der Waals surface area (Å²) >= 11 is 0. The molecule has 0 atom stereocenters. The van der Waals surface area contributed by atoms with Gasteiger partial charge in [-0.25, -0.2) is 0 Å². The average molecular weight is 777 g/mol. The molecule has 0 saturated carbocycles. The van der Waals surface area contributed by atoms with Crippen molar-refractivity contribution in [2.24, 2.45) is 0 Å². The predicted octanol–water partition coefficient (Wildman–Crippen LogP) is 7.74. The Balaban J connectivity index is 0.000000172. The first-order valence-electron chi connectivity index (χ1n) is 15.3. The molecule has 46 heavy (non-hydrogen) atoms. The van der Waals surface area contributed by atoms with E-state index in [-0.39, 0.29) is 32.2 Å². The maximum atomic E-state index is 6.37. The molecule has 2 aliphatic heterocycles. The maximum absolute atomic E-state index is 6.37. The van der Waals surface area contributed by atoms with Crippen molar-refractivity contribution >= 4 is 23.1 Å². The van der Waals surface area contributed by atoms with Crippen LogP contribution in [0.15, 0.2) is 109 Å². The van der Waals surface area contributed by atoms with Crippen LogP contribution in [0.5, 0.6) is 23.0 Å². The molecule has 0 amide bonds. The molecule has 0 unspecified atom stereocenters. The second kappa shape index (κ2) is 12.7. The van der Waals surface area contributed by atoms with Crippen LogP contribution >= 0.6 is 0 Å². The van der Waals surface area contributed by atoms with Crippen LogP contribution in [0.25, 0.3) is 22.5 Å². The van der Waals surface area contributed by atoms with Gasteiger partial charge in [0.2, 0.25) is 6.71 Å². The third-order valence-electron chi connectivity index (χ3n) is 8.35. The molecular formula is C40H33BIrN2O2-2. The Hall–Kier alpha value is -4.51. The van der Waals surface area contributed by atoms with Gasteiger partial charge in [0.05, 0.1) is 0 Å². The minimum Gasteiger partial charge on any atom is -0.503 e. The summed E-state index contributed by atoms with van der Waals surface area (Å²) in [6.45, 7) is 10.9. The summed E-state index contributed by atoms with van der Waals surface area (Å²) in [6.07, 6.45) is 3.79. The van der Waals surface area contributed by atoms with Gasteiger partial charge >= 0.3 is 0 Å². The second-order valence-electron chi connectivity index (χ2n) is 12.6. The normalized spacial score (nSPS) is 12.2. The minimum atomic E-state index is 0. The number of nitrogens with zero attached hydrogens (tertiary/aromatic N) is 2. The van der Waals surface area contributed by atoms with Crippen LogP contribution in [-0.2, 0) is 25.5 Å². The molecule has 6 heteroatoms. The van der Waals surface area contributed by atoms with Crippen LogP contribution in [0.2, 0.25) is 0 Å². The van der Waals surface area contributed by atoms with Crippen LogP contribution in [-0.4, -0.2) is 16.7 Å². The Morgan fingerprint density at radius 3 is 2.20 bits per heavy atom. The zero-order valence-electron chi connectivity index (χ0n) is 26.5. The molecule has 2 aliphatic rings. The third-order valence-corrected chi connectivity index (χ3v) is 8.35. The standard InChI is InChI=1S/C23H13BNO2.C17H20N.Ir/c1-2-11-19-16(8-1)24-17-9-5-7-15(18-10-3-4-14-25-18)23(17)27-21-13-6-12-20(26-19)22(21)24;1-12-6-8-14(9-7-12)16-10-13(2)15(11-18-16)17(3,4)5;/h1-6,8-14H;6-8,10-11H,1-5H3;/q2*-1;. The molecule has 0 bridgehead atoms. The van der Waals surface area contributed by atoms with Gasteiger partial charge in [-0.05, 0) is 59.0 Å². The number of hydrogen-bond donors (Lipinski definition) is 0. The van der Waals surface area contributed by atoms with Crippen molar-refractivity contribution < 1.29 is 29.6 Å². The first-order chi connectivity index (χ1) is 21.8. The molecule has 8 rings (SSSR count). The van der Waals surface area contributed by atoms with Crippen molar-refractivity contribution in [1.82, 2.24) is 9.97 Å². The largest absolute Gasteiger partial charge is 0.503 e. The summed E-state index contributed by atoms with van der Waals surface area (Å²) in [7, 11) is 0. The fourth-order valence-corrected chi connectivity index (χ4v) is 6.19. The number of aromatic nitrogens is 2. The van der Waals surface area contributed by atoms with Crippen molar-refractivity contribution in [2.45, 2.75) is 40.0 Å². The molecule has 4 heterocycles. The van der Waals surface area contributed by atoms with E-state index in [0.29, 0.717) is 0 Å². The summed E-state index contributed by atoms with van der Waals surface area (Å²) < 4.78 is 12.5. The van der Waals surface area contributed by atoms with Crippen molar-refractivity contribution in [1.29, 1.82) is 0 Å². The Bertz CT molecular complexity index is 2020. The van der Waals surface area contributed by atoms with E-state index in [1.807, 2.05) is 66.9 Å². The van der Waals surface area contributed by atoms with Crippen LogP contribution in [0.4, 0.5) is 0 Å². The monoisotopic (exact) mass is 777 g/mol. The molecule has 2 aromatic heterocycles. The number of benzene rings is 4. The van der Waals surface area contributed by atoms with Gasteiger partial charge in [-0.2, -0.15) is 0 Å². The number of pyridine rings is 2. The van der Waals surface area contributed by atoms with E-state index >= 15 is 0 Å². The van der Waals surface area contributed by atoms with Crippen molar-refractivity contribution in [3.63, 3.8) is 0 Å². The molecular weight excluding hydrogens is 743 g/mol. The van der Waals surface area contributed by atoms with Gasteiger partial charge in [-0.15, -0.1) is 59.1 Å². The van der Waals surface area contributed by atoms with Crippen molar-refractivity contribution in [3.8, 4) is 45.5 Å². The van der Waals surface area contributed by atoms with Gasteiger partial charge < -0.3 is 19.4 Å². The number of hydrogen-bond acceptors (Lipinski definition) is 4. The molecule has 229 valence electrons. The maximum Gasteiger partial charge on any atom is 0.241 e. The van der Waals surface area contributed by atoms with Gasteiger partial charge in [-0.1, -0.05) is 81.3 Å². The molecule has 0 N–H and O–H groups in total. The topological polar surface area (TPSA) is 44.2 Å². The SMILES string of the molecule is Cc1c[c-]c(-c2cc(C)c(C(C)(C)C)cn2)cc1.[Ir].[c-]1ccc2c(c1-c1ccccn1)Oc1cccc3c1B2c1ccccc1O3. The van der Waals surface area contributed by atoms with Gasteiger partial charge in [0.1, 0.15) is 17.2 Å². The van der Waals surface area contributed by atoms with Gasteiger partial charge in [0.25, 0.3) is 0 Å². The zero-order valence-corrected chi connectivity index (χ0v) is 28.9. The molecule has 0 saturated heterocycles. The quantitative estimate of drug-likeness (QED) is 0.133. The van der Waals surface area contributed by atoms with Crippen molar-refractivity contribution in [3.05, 3.63) is 138 Å². The molecule has 6 aromatic rings. The van der Waals surface area contributed by atoms with Crippen molar-refractivity contribution in [2.75, 3.05) is 0 Å². The van der Waals surface area contributed by atoms with Gasteiger partial charge in [0.15, 0.2) is 0 Å². The van der Waals surface area contributed by atoms with E-state index in [1.54, 1.807) is 6.20 Å². The zero-order chi connectivity index (χ0) is 31.1. The number of rotatable bonds is 2. The van der Waals surface area contributed by atoms with E-state index in [1.165, 1.54) is 16.7 Å². The molecule has 4 nitrogen and oxygen atoms in total. The summed E-state index contributed by atoms with van der Waals surface area (Å²) in [5.74, 6) is 3.40. The van der Waals surface area contributed by atoms with E-state index in [9.17, 15) is 0 Å². The van der Waals surface area contributed by atoms with E-state index in [4.69, 9.17) is 9.47 Å². The van der Waals surface area contributed by atoms with Crippen LogP contribution in [0, 0.1) is 26.0 Å². The summed E-state index contributed by atoms with van der Waals surface area (Å²) in [6, 6.07) is 39.1. The van der Waals surface area contributed by atoms with E-state index in [0.717, 1.165) is 61.9 Å². The number of fused-ring (bicyclic) bond motifs is 4. The van der Waals surface area contributed by atoms with Gasteiger partial charge in [-0.3, -0.25) is 0 Å². The first kappa shape index (κ1) is 31.5. The Labute approximate surface area is 285 Å². The van der Waals surface area contributed by atoms with Crippen LogP contribution in [0.3, 0.4) is 0 Å². The number of aryl methyl sites for hydroxylation is 2. The fraction of sp³-hybridized carbons (Fsp3) is 0.150. The predicted molar refractivity (Wildman–Crippen MR) is 183 cm³/mol.